The number of benzene rings is 2. The summed E-state index contributed by atoms with van der Waals surface area (Å²) >= 11 is 1.61. The minimum atomic E-state index is 0.0112. The first-order valence-electron chi connectivity index (χ1n) is 9.74. The highest BCUT2D eigenvalue weighted by Crippen LogP contribution is 2.33. The molecule has 1 aromatic heterocycles. The first-order chi connectivity index (χ1) is 14.6. The van der Waals surface area contributed by atoms with Crippen LogP contribution in [0, 0.1) is 6.92 Å². The Labute approximate surface area is 180 Å². The predicted molar refractivity (Wildman–Crippen MR) is 116 cm³/mol. The van der Waals surface area contributed by atoms with Gasteiger partial charge in [0.2, 0.25) is 0 Å². The molecule has 0 saturated carbocycles. The van der Waals surface area contributed by atoms with Crippen LogP contribution in [0.15, 0.2) is 41.8 Å². The van der Waals surface area contributed by atoms with Crippen molar-refractivity contribution in [2.45, 2.75) is 26.5 Å². The summed E-state index contributed by atoms with van der Waals surface area (Å²) in [6.45, 7) is 3.62. The van der Waals surface area contributed by atoms with Gasteiger partial charge in [0.25, 0.3) is 5.91 Å². The molecule has 1 amide bonds. The first-order valence-corrected chi connectivity index (χ1v) is 10.6. The van der Waals surface area contributed by atoms with Gasteiger partial charge in [0.1, 0.15) is 12.4 Å². The summed E-state index contributed by atoms with van der Waals surface area (Å²) in [5.74, 6) is 2.14. The summed E-state index contributed by atoms with van der Waals surface area (Å²) < 4.78 is 16.6. The summed E-state index contributed by atoms with van der Waals surface area (Å²) in [4.78, 5) is 19.3. The molecule has 0 atom stereocenters. The van der Waals surface area contributed by atoms with Crippen LogP contribution in [0.4, 0.5) is 0 Å². The van der Waals surface area contributed by atoms with Crippen LogP contribution >= 0.6 is 11.3 Å². The molecule has 30 heavy (non-hydrogen) atoms. The van der Waals surface area contributed by atoms with Gasteiger partial charge in [-0.05, 0) is 60.9 Å². The number of methoxy groups -OCH3 is 2. The van der Waals surface area contributed by atoms with E-state index in [2.05, 4.69) is 4.98 Å². The summed E-state index contributed by atoms with van der Waals surface area (Å²) in [6.07, 6.45) is 0.787. The second-order valence-electron chi connectivity index (χ2n) is 7.12. The van der Waals surface area contributed by atoms with Gasteiger partial charge < -0.3 is 19.1 Å². The Morgan fingerprint density at radius 1 is 1.10 bits per heavy atom. The second-order valence-corrected chi connectivity index (χ2v) is 8.19. The van der Waals surface area contributed by atoms with Crippen molar-refractivity contribution in [1.82, 2.24) is 9.88 Å². The van der Waals surface area contributed by atoms with Gasteiger partial charge in [-0.1, -0.05) is 0 Å². The number of carbonyl (C=O) groups is 1. The summed E-state index contributed by atoms with van der Waals surface area (Å²) in [6, 6.07) is 11.3. The minimum absolute atomic E-state index is 0.0112. The fraction of sp³-hybridized carbons (Fsp3) is 0.304. The predicted octanol–water partition coefficient (Wildman–Crippen LogP) is 4.25. The smallest absolute Gasteiger partial charge is 0.254 e. The molecule has 2 aromatic carbocycles. The van der Waals surface area contributed by atoms with Gasteiger partial charge >= 0.3 is 0 Å². The Bertz CT molecular complexity index is 1050. The average Bonchev–Trinajstić information content (AvgIpc) is 3.21. The van der Waals surface area contributed by atoms with Crippen LogP contribution in [0.2, 0.25) is 0 Å². The van der Waals surface area contributed by atoms with E-state index in [1.54, 1.807) is 25.6 Å². The third-order valence-electron chi connectivity index (χ3n) is 5.16. The Morgan fingerprint density at radius 3 is 2.43 bits per heavy atom. The molecule has 3 aromatic rings. The Hall–Kier alpha value is -3.06. The van der Waals surface area contributed by atoms with Crippen LogP contribution in [-0.4, -0.2) is 36.6 Å². The molecular formula is C23H24N2O4S. The Morgan fingerprint density at radius 2 is 1.80 bits per heavy atom. The number of thiazole rings is 1. The zero-order valence-corrected chi connectivity index (χ0v) is 18.1. The Kier molecular flexibility index (Phi) is 5.90. The van der Waals surface area contributed by atoms with Gasteiger partial charge in [0, 0.05) is 24.0 Å². The van der Waals surface area contributed by atoms with Crippen molar-refractivity contribution in [2.75, 3.05) is 20.8 Å². The van der Waals surface area contributed by atoms with Crippen LogP contribution in [0.5, 0.6) is 17.2 Å². The summed E-state index contributed by atoms with van der Waals surface area (Å²) in [7, 11) is 3.25. The molecule has 0 radical (unpaired) electrons. The standard InChI is InChI=1S/C23H24N2O4S/c1-15-24-19(14-30-15)13-29-20-6-4-16(5-7-20)23(26)25-9-8-17-10-21(27-2)22(28-3)11-18(17)12-25/h4-7,10-11,14H,8-9,12-13H2,1-3H3. The fourth-order valence-corrected chi connectivity index (χ4v) is 4.16. The van der Waals surface area contributed by atoms with Crippen LogP contribution in [0.1, 0.15) is 32.2 Å². The van der Waals surface area contributed by atoms with Gasteiger partial charge in [0.15, 0.2) is 11.5 Å². The van der Waals surface area contributed by atoms with Crippen molar-refractivity contribution in [3.8, 4) is 17.2 Å². The fourth-order valence-electron chi connectivity index (χ4n) is 3.56. The second kappa shape index (κ2) is 8.75. The van der Waals surface area contributed by atoms with Crippen LogP contribution in [0.25, 0.3) is 0 Å². The van der Waals surface area contributed by atoms with Crippen LogP contribution in [-0.2, 0) is 19.6 Å². The molecule has 7 heteroatoms. The molecule has 0 unspecified atom stereocenters. The van der Waals surface area contributed by atoms with Crippen molar-refractivity contribution in [2.24, 2.45) is 0 Å². The van der Waals surface area contributed by atoms with Gasteiger partial charge in [-0.2, -0.15) is 0 Å². The van der Waals surface area contributed by atoms with Crippen LogP contribution in [0.3, 0.4) is 0 Å². The summed E-state index contributed by atoms with van der Waals surface area (Å²) in [5, 5.41) is 3.01. The number of ether oxygens (including phenoxy) is 3. The lowest BCUT2D eigenvalue weighted by atomic mass is 9.98. The molecule has 2 heterocycles. The highest BCUT2D eigenvalue weighted by atomic mass is 32.1. The van der Waals surface area contributed by atoms with Crippen molar-refractivity contribution < 1.29 is 19.0 Å². The van der Waals surface area contributed by atoms with Crippen molar-refractivity contribution >= 4 is 17.2 Å². The lowest BCUT2D eigenvalue weighted by Crippen LogP contribution is -2.36. The zero-order valence-electron chi connectivity index (χ0n) is 17.3. The SMILES string of the molecule is COc1cc2c(cc1OC)CN(C(=O)c1ccc(OCc3csc(C)n3)cc1)CC2. The summed E-state index contributed by atoms with van der Waals surface area (Å²) in [5.41, 5.74) is 3.84. The van der Waals surface area contributed by atoms with E-state index in [0.717, 1.165) is 34.2 Å². The molecule has 1 aliphatic rings. The van der Waals surface area contributed by atoms with E-state index < -0.39 is 0 Å². The minimum Gasteiger partial charge on any atom is -0.493 e. The molecular weight excluding hydrogens is 400 g/mol. The Balaban J connectivity index is 1.42. The molecule has 4 rings (SSSR count). The van der Waals surface area contributed by atoms with E-state index in [-0.39, 0.29) is 5.91 Å². The average molecular weight is 425 g/mol. The highest BCUT2D eigenvalue weighted by molar-refractivity contribution is 7.09. The van der Waals surface area contributed by atoms with E-state index in [1.807, 2.05) is 53.6 Å². The number of hydrogen-bond donors (Lipinski definition) is 0. The molecule has 1 aliphatic heterocycles. The number of hydrogen-bond acceptors (Lipinski definition) is 6. The lowest BCUT2D eigenvalue weighted by molar-refractivity contribution is 0.0734. The molecule has 0 spiro atoms. The highest BCUT2D eigenvalue weighted by Gasteiger charge is 2.23. The van der Waals surface area contributed by atoms with Crippen molar-refractivity contribution in [3.05, 3.63) is 69.2 Å². The van der Waals surface area contributed by atoms with E-state index in [4.69, 9.17) is 14.2 Å². The quantitative estimate of drug-likeness (QED) is 0.592. The number of nitrogens with zero attached hydrogens (tertiary/aromatic N) is 2. The molecule has 0 N–H and O–H groups in total. The number of carbonyl (C=O) groups excluding carboxylic acids is 1. The monoisotopic (exact) mass is 424 g/mol. The number of aryl methyl sites for hydroxylation is 1. The third-order valence-corrected chi connectivity index (χ3v) is 5.98. The van der Waals surface area contributed by atoms with E-state index in [9.17, 15) is 4.79 Å². The molecule has 0 aliphatic carbocycles. The van der Waals surface area contributed by atoms with E-state index in [1.165, 1.54) is 5.56 Å². The first kappa shape index (κ1) is 20.2. The molecule has 0 bridgehead atoms. The third kappa shape index (κ3) is 4.26. The molecule has 6 nitrogen and oxygen atoms in total. The van der Waals surface area contributed by atoms with E-state index >= 15 is 0 Å². The largest absolute Gasteiger partial charge is 0.493 e. The maximum absolute atomic E-state index is 13.0. The normalized spacial score (nSPS) is 13.0. The topological polar surface area (TPSA) is 60.9 Å². The molecule has 156 valence electrons. The van der Waals surface area contributed by atoms with Gasteiger partial charge in [0.05, 0.1) is 24.9 Å². The van der Waals surface area contributed by atoms with Gasteiger partial charge in [-0.25, -0.2) is 4.98 Å². The number of aromatic nitrogens is 1. The maximum Gasteiger partial charge on any atom is 0.254 e. The molecule has 0 fully saturated rings. The van der Waals surface area contributed by atoms with Crippen molar-refractivity contribution in [1.29, 1.82) is 0 Å². The number of fused-ring (bicyclic) bond motifs is 1. The number of rotatable bonds is 6. The van der Waals surface area contributed by atoms with E-state index in [0.29, 0.717) is 31.0 Å². The van der Waals surface area contributed by atoms with Gasteiger partial charge in [-0.15, -0.1) is 11.3 Å². The van der Waals surface area contributed by atoms with Gasteiger partial charge in [-0.3, -0.25) is 4.79 Å². The molecule has 0 saturated heterocycles. The lowest BCUT2D eigenvalue weighted by Gasteiger charge is -2.29. The van der Waals surface area contributed by atoms with Crippen LogP contribution < -0.4 is 14.2 Å². The number of amides is 1. The maximum atomic E-state index is 13.0. The van der Waals surface area contributed by atoms with Crippen molar-refractivity contribution in [3.63, 3.8) is 0 Å². The zero-order chi connectivity index (χ0) is 21.1.